The standard InChI is InChI=1S/C73H65N4O.Pt/c1-48-40-69(74-46-64(48)53-22-17-25-56(43-53)73(8,9)10)77-65-31-12-11-28-62(65)63-39-38-59(45-68(63)77)78-58-27-18-26-57(44-58)75-47-76(67-33-14-13-32-66(67)75)70-60(29-19-30-61(70)52-21-16-24-55(42-52)72(5,6)7)50-36-34-49(35-37-50)51-20-15-23-54(41-51)71(2,3)4;/h11-43,46-47H,1-10H3;/q-3;/i1D3;. The number of ether oxygens (including phenoxy) is 1. The van der Waals surface area contributed by atoms with Crippen molar-refractivity contribution in [2.75, 3.05) is 9.80 Å². The van der Waals surface area contributed by atoms with Crippen molar-refractivity contribution in [3.8, 4) is 61.8 Å². The predicted octanol–water partition coefficient (Wildman–Crippen LogP) is 19.8. The third kappa shape index (κ3) is 10.2. The van der Waals surface area contributed by atoms with E-state index in [1.54, 1.807) is 12.3 Å². The molecule has 396 valence electrons. The van der Waals surface area contributed by atoms with Gasteiger partial charge in [-0.1, -0.05) is 213 Å². The first-order chi connectivity index (χ1) is 38.7. The molecule has 79 heavy (non-hydrogen) atoms. The second-order valence-corrected chi connectivity index (χ2v) is 23.6. The van der Waals surface area contributed by atoms with E-state index in [0.29, 0.717) is 28.4 Å². The third-order valence-corrected chi connectivity index (χ3v) is 15.2. The van der Waals surface area contributed by atoms with Gasteiger partial charge in [-0.25, -0.2) is 4.98 Å². The molecule has 0 amide bonds. The molecule has 0 fully saturated rings. The van der Waals surface area contributed by atoms with Gasteiger partial charge in [-0.3, -0.25) is 0 Å². The maximum Gasteiger partial charge on any atom is 0.135 e. The number of hydrogen-bond acceptors (Lipinski definition) is 4. The number of pyridine rings is 1. The SMILES string of the molecule is [2H]C([2H])([2H])c1cc(-n2c3[c-]c(Oc4[c-]c(N5[CH-]N(c6c(-c7ccc(-c8cccc(C(C)(C)C)c8)cc7)cccc6-c6cccc(C(C)(C)C)c6)c6ccccc65)ccc4)ccc3c3ccccc32)ncc1-c1cccc(C(C)(C)C)c1.[Pt]. The van der Waals surface area contributed by atoms with Crippen LogP contribution in [0.15, 0.2) is 206 Å². The molecule has 0 spiro atoms. The first kappa shape index (κ1) is 49.3. The molecule has 2 aromatic heterocycles. The summed E-state index contributed by atoms with van der Waals surface area (Å²) in [5.74, 6) is 1.46. The quantitative estimate of drug-likeness (QED) is 0.135. The van der Waals surface area contributed by atoms with E-state index in [1.807, 2.05) is 59.2 Å². The molecule has 0 aliphatic carbocycles. The molecule has 5 nitrogen and oxygen atoms in total. The zero-order valence-corrected chi connectivity index (χ0v) is 48.5. The van der Waals surface area contributed by atoms with Crippen LogP contribution < -0.4 is 14.5 Å². The summed E-state index contributed by atoms with van der Waals surface area (Å²) in [6, 6.07) is 77.0. The van der Waals surface area contributed by atoms with Gasteiger partial charge >= 0.3 is 0 Å². The average Bonchev–Trinajstić information content (AvgIpc) is 3.60. The van der Waals surface area contributed by atoms with E-state index in [-0.39, 0.29) is 42.9 Å². The normalized spacial score (nSPS) is 13.5. The van der Waals surface area contributed by atoms with Gasteiger partial charge in [0.25, 0.3) is 0 Å². The van der Waals surface area contributed by atoms with E-state index < -0.39 is 6.85 Å². The number of rotatable bonds is 9. The van der Waals surface area contributed by atoms with E-state index >= 15 is 0 Å². The molecule has 0 bridgehead atoms. The van der Waals surface area contributed by atoms with Crippen molar-refractivity contribution in [2.45, 2.75) is 85.4 Å². The van der Waals surface area contributed by atoms with Crippen molar-refractivity contribution in [3.05, 3.63) is 247 Å². The molecule has 6 heteroatoms. The molecule has 0 radical (unpaired) electrons. The van der Waals surface area contributed by atoms with Crippen LogP contribution in [0.3, 0.4) is 0 Å². The monoisotopic (exact) mass is 1210 g/mol. The Kier molecular flexibility index (Phi) is 12.9. The molecule has 0 saturated heterocycles. The fraction of sp³-hybridized carbons (Fsp3) is 0.178. The van der Waals surface area contributed by atoms with Crippen molar-refractivity contribution < 1.29 is 29.9 Å². The van der Waals surface area contributed by atoms with Gasteiger partial charge in [0.05, 0.1) is 0 Å². The van der Waals surface area contributed by atoms with Gasteiger partial charge in [0.15, 0.2) is 0 Å². The molecule has 1 aliphatic rings. The number of nitrogens with zero attached hydrogens (tertiary/aromatic N) is 4. The Morgan fingerprint density at radius 1 is 0.468 bits per heavy atom. The molecular weight excluding hydrogens is 1140 g/mol. The molecule has 3 heterocycles. The Labute approximate surface area is 485 Å². The van der Waals surface area contributed by atoms with Crippen molar-refractivity contribution >= 4 is 44.6 Å². The second kappa shape index (κ2) is 20.7. The minimum Gasteiger partial charge on any atom is -0.509 e. The molecule has 12 rings (SSSR count). The number of aromatic nitrogens is 2. The van der Waals surface area contributed by atoms with Crippen LogP contribution >= 0.6 is 0 Å². The van der Waals surface area contributed by atoms with Gasteiger partial charge in [0.1, 0.15) is 5.82 Å². The van der Waals surface area contributed by atoms with Crippen LogP contribution in [-0.2, 0) is 37.3 Å². The Morgan fingerprint density at radius 2 is 1.01 bits per heavy atom. The minimum absolute atomic E-state index is 0. The predicted molar refractivity (Wildman–Crippen MR) is 327 cm³/mol. The van der Waals surface area contributed by atoms with E-state index in [4.69, 9.17) is 13.8 Å². The Hall–Kier alpha value is -7.98. The van der Waals surface area contributed by atoms with E-state index in [2.05, 4.69) is 230 Å². The van der Waals surface area contributed by atoms with Gasteiger partial charge in [-0.05, 0) is 103 Å². The van der Waals surface area contributed by atoms with E-state index in [0.717, 1.165) is 72.4 Å². The molecule has 0 unspecified atom stereocenters. The maximum atomic E-state index is 8.74. The van der Waals surface area contributed by atoms with Crippen molar-refractivity contribution in [2.24, 2.45) is 0 Å². The minimum atomic E-state index is -2.41. The summed E-state index contributed by atoms with van der Waals surface area (Å²) in [6.07, 6.45) is 1.70. The van der Waals surface area contributed by atoms with E-state index in [1.165, 1.54) is 22.3 Å². The molecular formula is C73H65N4OPt-3. The van der Waals surface area contributed by atoms with Crippen molar-refractivity contribution in [1.82, 2.24) is 9.55 Å². The fourth-order valence-electron chi connectivity index (χ4n) is 10.8. The van der Waals surface area contributed by atoms with Crippen molar-refractivity contribution in [1.29, 1.82) is 0 Å². The summed E-state index contributed by atoms with van der Waals surface area (Å²) < 4.78 is 34.9. The van der Waals surface area contributed by atoms with Gasteiger partial charge in [0.2, 0.25) is 0 Å². The molecule has 0 saturated carbocycles. The van der Waals surface area contributed by atoms with Crippen LogP contribution in [0.4, 0.5) is 22.7 Å². The topological polar surface area (TPSA) is 33.5 Å². The van der Waals surface area contributed by atoms with Crippen LogP contribution in [0, 0.1) is 25.7 Å². The molecule has 0 atom stereocenters. The number of fused-ring (bicyclic) bond motifs is 4. The number of hydrogen-bond donors (Lipinski definition) is 0. The average molecular weight is 1210 g/mol. The van der Waals surface area contributed by atoms with Crippen LogP contribution in [-0.4, -0.2) is 9.55 Å². The van der Waals surface area contributed by atoms with Crippen LogP contribution in [0.1, 0.15) is 88.7 Å². The summed E-state index contributed by atoms with van der Waals surface area (Å²) in [5, 5.41) is 1.92. The van der Waals surface area contributed by atoms with E-state index in [9.17, 15) is 0 Å². The zero-order valence-electron chi connectivity index (χ0n) is 49.2. The summed E-state index contributed by atoms with van der Waals surface area (Å²) in [7, 11) is 0. The second-order valence-electron chi connectivity index (χ2n) is 23.6. The third-order valence-electron chi connectivity index (χ3n) is 15.2. The van der Waals surface area contributed by atoms with Gasteiger partial charge in [0, 0.05) is 82.1 Å². The molecule has 0 N–H and O–H groups in total. The number of anilines is 4. The zero-order chi connectivity index (χ0) is 56.6. The first-order valence-corrected chi connectivity index (χ1v) is 26.9. The van der Waals surface area contributed by atoms with Crippen LogP contribution in [0.5, 0.6) is 11.5 Å². The Morgan fingerprint density at radius 3 is 1.67 bits per heavy atom. The van der Waals surface area contributed by atoms with Crippen LogP contribution in [0.25, 0.3) is 72.1 Å². The summed E-state index contributed by atoms with van der Waals surface area (Å²) in [4.78, 5) is 9.50. The maximum absolute atomic E-state index is 8.74. The number of para-hydroxylation sites is 4. The Balaban J connectivity index is 0.00000705. The summed E-state index contributed by atoms with van der Waals surface area (Å²) in [6.45, 7) is 19.8. The van der Waals surface area contributed by atoms with Crippen LogP contribution in [0.2, 0.25) is 0 Å². The first-order valence-electron chi connectivity index (χ1n) is 28.4. The van der Waals surface area contributed by atoms with Gasteiger partial charge in [-0.15, -0.1) is 48.1 Å². The van der Waals surface area contributed by atoms with Crippen molar-refractivity contribution in [3.63, 3.8) is 0 Å². The van der Waals surface area contributed by atoms with Gasteiger partial charge < -0.3 is 19.1 Å². The molecule has 9 aromatic carbocycles. The molecule has 1 aliphatic heterocycles. The fourth-order valence-corrected chi connectivity index (χ4v) is 10.8. The molecule has 11 aromatic rings. The summed E-state index contributed by atoms with van der Waals surface area (Å²) in [5.41, 5.74) is 17.5. The van der Waals surface area contributed by atoms with Gasteiger partial charge in [-0.2, -0.15) is 12.1 Å². The number of aryl methyl sites for hydroxylation is 1. The smallest absolute Gasteiger partial charge is 0.135 e. The number of benzene rings is 9. The largest absolute Gasteiger partial charge is 0.509 e. The summed E-state index contributed by atoms with van der Waals surface area (Å²) >= 11 is 0. The Bertz CT molecular complexity index is 4200.